The van der Waals surface area contributed by atoms with E-state index in [0.29, 0.717) is 13.0 Å². The Hall–Kier alpha value is -0.620. The van der Waals surface area contributed by atoms with Gasteiger partial charge in [0, 0.05) is 18.6 Å². The molecule has 0 aliphatic carbocycles. The maximum Gasteiger partial charge on any atom is 0.304 e. The second-order valence-corrected chi connectivity index (χ2v) is 7.11. The Morgan fingerprint density at radius 1 is 1.47 bits per heavy atom. The lowest BCUT2D eigenvalue weighted by molar-refractivity contribution is -0.137. The maximum atomic E-state index is 11.6. The first-order chi connectivity index (χ1) is 7.82. The number of nitrogens with zero attached hydrogens (tertiary/aromatic N) is 1. The summed E-state index contributed by atoms with van der Waals surface area (Å²) in [6, 6.07) is 0.153. The van der Waals surface area contributed by atoms with E-state index in [0.717, 1.165) is 6.42 Å². The van der Waals surface area contributed by atoms with Gasteiger partial charge in [0.2, 0.25) is 0 Å². The molecular weight excluding hydrogens is 242 g/mol. The van der Waals surface area contributed by atoms with E-state index in [9.17, 15) is 13.2 Å². The van der Waals surface area contributed by atoms with Crippen molar-refractivity contribution in [2.75, 3.05) is 18.1 Å². The van der Waals surface area contributed by atoms with Crippen LogP contribution in [0.4, 0.5) is 0 Å². The van der Waals surface area contributed by atoms with E-state index in [2.05, 4.69) is 0 Å². The number of hydrogen-bond acceptors (Lipinski definition) is 4. The van der Waals surface area contributed by atoms with Crippen LogP contribution in [0.1, 0.15) is 33.1 Å². The molecule has 0 bridgehead atoms. The van der Waals surface area contributed by atoms with Gasteiger partial charge in [0.25, 0.3) is 0 Å². The molecule has 1 saturated heterocycles. The van der Waals surface area contributed by atoms with Crippen LogP contribution in [0.2, 0.25) is 0 Å². The molecule has 0 aromatic rings. The molecule has 1 aliphatic heterocycles. The first kappa shape index (κ1) is 14.4. The molecule has 1 unspecified atom stereocenters. The lowest BCUT2D eigenvalue weighted by Gasteiger charge is -2.36. The Balaban J connectivity index is 2.66. The molecule has 1 rings (SSSR count). The van der Waals surface area contributed by atoms with Crippen molar-refractivity contribution in [1.29, 1.82) is 0 Å². The second kappa shape index (κ2) is 5.82. The third-order valence-electron chi connectivity index (χ3n) is 3.16. The third-order valence-corrected chi connectivity index (χ3v) is 4.96. The van der Waals surface area contributed by atoms with Crippen LogP contribution < -0.4 is 0 Å². The van der Waals surface area contributed by atoms with Gasteiger partial charge >= 0.3 is 5.97 Å². The summed E-state index contributed by atoms with van der Waals surface area (Å²) in [5.41, 5.74) is 0. The van der Waals surface area contributed by atoms with Crippen molar-refractivity contribution >= 4 is 15.8 Å². The van der Waals surface area contributed by atoms with Gasteiger partial charge in [0.05, 0.1) is 17.9 Å². The topological polar surface area (TPSA) is 74.7 Å². The maximum absolute atomic E-state index is 11.6. The number of aliphatic carboxylic acids is 1. The van der Waals surface area contributed by atoms with Crippen molar-refractivity contribution in [1.82, 2.24) is 4.90 Å². The van der Waals surface area contributed by atoms with Crippen LogP contribution in [0.25, 0.3) is 0 Å². The van der Waals surface area contributed by atoms with Crippen LogP contribution in [-0.2, 0) is 14.6 Å². The van der Waals surface area contributed by atoms with Crippen LogP contribution in [0, 0.1) is 0 Å². The van der Waals surface area contributed by atoms with Gasteiger partial charge in [0.15, 0.2) is 9.84 Å². The zero-order valence-electron chi connectivity index (χ0n) is 10.4. The first-order valence-electron chi connectivity index (χ1n) is 6.00. The van der Waals surface area contributed by atoms with Gasteiger partial charge < -0.3 is 5.11 Å². The molecule has 100 valence electrons. The molecule has 6 heteroatoms. The average molecular weight is 263 g/mol. The summed E-state index contributed by atoms with van der Waals surface area (Å²) in [5.74, 6) is -0.395. The third kappa shape index (κ3) is 4.63. The van der Waals surface area contributed by atoms with E-state index >= 15 is 0 Å². The van der Waals surface area contributed by atoms with E-state index in [4.69, 9.17) is 5.11 Å². The summed E-state index contributed by atoms with van der Waals surface area (Å²) < 4.78 is 23.2. The fraction of sp³-hybridized carbons (Fsp3) is 0.909. The standard InChI is InChI=1S/C11H21NO4S/c1-9(2)12(6-5-11(13)14)10-4-3-7-17(15,16)8-10/h9-10H,3-8H2,1-2H3,(H,13,14). The molecule has 5 nitrogen and oxygen atoms in total. The van der Waals surface area contributed by atoms with E-state index in [1.807, 2.05) is 18.7 Å². The van der Waals surface area contributed by atoms with Crippen LogP contribution >= 0.6 is 0 Å². The molecule has 1 N–H and O–H groups in total. The van der Waals surface area contributed by atoms with Crippen molar-refractivity contribution in [2.24, 2.45) is 0 Å². The summed E-state index contributed by atoms with van der Waals surface area (Å²) in [6.07, 6.45) is 1.59. The van der Waals surface area contributed by atoms with E-state index < -0.39 is 15.8 Å². The number of carboxylic acids is 1. The smallest absolute Gasteiger partial charge is 0.304 e. The summed E-state index contributed by atoms with van der Waals surface area (Å²) in [4.78, 5) is 12.6. The van der Waals surface area contributed by atoms with Crippen LogP contribution in [0.15, 0.2) is 0 Å². The number of carbonyl (C=O) groups is 1. The first-order valence-corrected chi connectivity index (χ1v) is 7.82. The van der Waals surface area contributed by atoms with Gasteiger partial charge in [-0.25, -0.2) is 8.42 Å². The number of carboxylic acid groups (broad SMARTS) is 1. The van der Waals surface area contributed by atoms with Gasteiger partial charge in [-0.1, -0.05) is 0 Å². The Morgan fingerprint density at radius 2 is 2.12 bits per heavy atom. The number of hydrogen-bond donors (Lipinski definition) is 1. The lowest BCUT2D eigenvalue weighted by Crippen LogP contribution is -2.47. The van der Waals surface area contributed by atoms with E-state index in [1.54, 1.807) is 0 Å². The Morgan fingerprint density at radius 3 is 2.59 bits per heavy atom. The van der Waals surface area contributed by atoms with E-state index in [-0.39, 0.29) is 30.0 Å². The summed E-state index contributed by atoms with van der Waals surface area (Å²) >= 11 is 0. The number of rotatable bonds is 5. The molecule has 1 heterocycles. The zero-order valence-corrected chi connectivity index (χ0v) is 11.2. The normalized spacial score (nSPS) is 24.1. The predicted octanol–water partition coefficient (Wildman–Crippen LogP) is 0.749. The largest absolute Gasteiger partial charge is 0.481 e. The SMILES string of the molecule is CC(C)N(CCC(=O)O)C1CCCS(=O)(=O)C1. The quantitative estimate of drug-likeness (QED) is 0.792. The molecular formula is C11H21NO4S. The summed E-state index contributed by atoms with van der Waals surface area (Å²) in [7, 11) is -2.94. The van der Waals surface area contributed by atoms with Crippen molar-refractivity contribution < 1.29 is 18.3 Å². The minimum absolute atomic E-state index is 0.0203. The Kier molecular flexibility index (Phi) is 4.94. The zero-order chi connectivity index (χ0) is 13.1. The van der Waals surface area contributed by atoms with Crippen molar-refractivity contribution in [3.8, 4) is 0 Å². The second-order valence-electron chi connectivity index (χ2n) is 4.89. The highest BCUT2D eigenvalue weighted by Gasteiger charge is 2.30. The van der Waals surface area contributed by atoms with Crippen LogP contribution in [0.3, 0.4) is 0 Å². The van der Waals surface area contributed by atoms with Crippen molar-refractivity contribution in [2.45, 2.75) is 45.2 Å². The van der Waals surface area contributed by atoms with Gasteiger partial charge in [0.1, 0.15) is 0 Å². The molecule has 0 spiro atoms. The molecule has 1 aliphatic rings. The van der Waals surface area contributed by atoms with Crippen LogP contribution in [-0.4, -0.2) is 54.5 Å². The van der Waals surface area contributed by atoms with E-state index in [1.165, 1.54) is 0 Å². The summed E-state index contributed by atoms with van der Waals surface area (Å²) in [5, 5.41) is 8.70. The van der Waals surface area contributed by atoms with Crippen LogP contribution in [0.5, 0.6) is 0 Å². The lowest BCUT2D eigenvalue weighted by atomic mass is 10.1. The molecule has 0 saturated carbocycles. The Bertz CT molecular complexity index is 364. The highest BCUT2D eigenvalue weighted by molar-refractivity contribution is 7.91. The fourth-order valence-corrected chi connectivity index (χ4v) is 4.06. The monoisotopic (exact) mass is 263 g/mol. The van der Waals surface area contributed by atoms with Crippen molar-refractivity contribution in [3.05, 3.63) is 0 Å². The predicted molar refractivity (Wildman–Crippen MR) is 65.8 cm³/mol. The highest BCUT2D eigenvalue weighted by Crippen LogP contribution is 2.20. The molecule has 1 atom stereocenters. The minimum atomic E-state index is -2.94. The molecule has 0 aromatic carbocycles. The molecule has 0 radical (unpaired) electrons. The Labute approximate surface area is 103 Å². The molecule has 1 fully saturated rings. The van der Waals surface area contributed by atoms with Gasteiger partial charge in [-0.2, -0.15) is 0 Å². The van der Waals surface area contributed by atoms with Gasteiger partial charge in [-0.3, -0.25) is 9.69 Å². The van der Waals surface area contributed by atoms with Gasteiger partial charge in [-0.15, -0.1) is 0 Å². The molecule has 17 heavy (non-hydrogen) atoms. The van der Waals surface area contributed by atoms with Gasteiger partial charge in [-0.05, 0) is 26.7 Å². The highest BCUT2D eigenvalue weighted by atomic mass is 32.2. The molecule has 0 amide bonds. The average Bonchev–Trinajstić information content (AvgIpc) is 2.15. The molecule has 0 aromatic heterocycles. The fourth-order valence-electron chi connectivity index (χ4n) is 2.35. The summed E-state index contributed by atoms with van der Waals surface area (Å²) in [6.45, 7) is 4.37. The van der Waals surface area contributed by atoms with Crippen molar-refractivity contribution in [3.63, 3.8) is 0 Å². The number of sulfone groups is 1. The minimum Gasteiger partial charge on any atom is -0.481 e.